The lowest BCUT2D eigenvalue weighted by Crippen LogP contribution is -2.07. The van der Waals surface area contributed by atoms with Gasteiger partial charge >= 0.3 is 0 Å². The van der Waals surface area contributed by atoms with E-state index in [0.29, 0.717) is 0 Å². The van der Waals surface area contributed by atoms with Crippen molar-refractivity contribution in [2.45, 2.75) is 32.8 Å². The van der Waals surface area contributed by atoms with Crippen molar-refractivity contribution in [3.8, 4) is 0 Å². The molecule has 0 heterocycles. The zero-order valence-corrected chi connectivity index (χ0v) is 5.66. The molecule has 0 aliphatic carbocycles. The molecule has 0 aromatic rings. The van der Waals surface area contributed by atoms with Gasteiger partial charge in [-0.3, -0.25) is 0 Å². The van der Waals surface area contributed by atoms with E-state index in [0.717, 1.165) is 12.8 Å². The van der Waals surface area contributed by atoms with Crippen molar-refractivity contribution in [1.29, 1.82) is 0 Å². The van der Waals surface area contributed by atoms with Crippen LogP contribution >= 0.6 is 0 Å². The van der Waals surface area contributed by atoms with Crippen LogP contribution in [0.2, 0.25) is 0 Å². The molecular formula is C5H12O4. The zero-order chi connectivity index (χ0) is 7.11. The topological polar surface area (TPSA) is 47.9 Å². The first-order valence-electron chi connectivity index (χ1n) is 2.94. The first kappa shape index (κ1) is 8.84. The lowest BCUT2D eigenvalue weighted by Gasteiger charge is -2.05. The maximum absolute atomic E-state index is 7.64. The Morgan fingerprint density at radius 3 is 2.67 bits per heavy atom. The fraction of sp³-hybridized carbons (Fsp3) is 1.00. The van der Waals surface area contributed by atoms with E-state index in [2.05, 4.69) is 15.0 Å². The summed E-state index contributed by atoms with van der Waals surface area (Å²) in [4.78, 5) is 4.46. The van der Waals surface area contributed by atoms with Gasteiger partial charge in [0.1, 0.15) is 0 Å². The Bertz CT molecular complexity index is 56.9. The van der Waals surface area contributed by atoms with Crippen molar-refractivity contribution < 1.29 is 20.2 Å². The molecule has 4 nitrogen and oxygen atoms in total. The Labute approximate surface area is 54.1 Å². The minimum absolute atomic E-state index is 0.0397. The molecule has 0 spiro atoms. The van der Waals surface area contributed by atoms with Crippen molar-refractivity contribution in [3.63, 3.8) is 0 Å². The summed E-state index contributed by atoms with van der Waals surface area (Å²) in [6.45, 7) is 3.85. The summed E-state index contributed by atoms with van der Waals surface area (Å²) in [6.07, 6.45) is 1.85. The van der Waals surface area contributed by atoms with Crippen LogP contribution in [-0.2, 0) is 15.0 Å². The summed E-state index contributed by atoms with van der Waals surface area (Å²) < 4.78 is 0. The third-order valence-corrected chi connectivity index (χ3v) is 0.929. The second kappa shape index (κ2) is 5.97. The molecule has 0 bridgehead atoms. The molecule has 1 atom stereocenters. The molecule has 0 radical (unpaired) electrons. The summed E-state index contributed by atoms with van der Waals surface area (Å²) in [7, 11) is 0. The predicted octanol–water partition coefficient (Wildman–Crippen LogP) is 1.53. The Kier molecular flexibility index (Phi) is 5.86. The van der Waals surface area contributed by atoms with Gasteiger partial charge in [0.2, 0.25) is 0 Å². The van der Waals surface area contributed by atoms with Gasteiger partial charge in [0, 0.05) is 0 Å². The molecule has 0 aromatic carbocycles. The van der Waals surface area contributed by atoms with E-state index in [9.17, 15) is 0 Å². The molecule has 0 aliphatic rings. The molecule has 0 saturated heterocycles. The van der Waals surface area contributed by atoms with E-state index in [1.54, 1.807) is 0 Å². The standard InChI is InChI=1S/C5H12O4/c1-3-4-5(2)7-9-8-6/h5-6H,3-4H2,1-2H3. The molecule has 9 heavy (non-hydrogen) atoms. The third-order valence-electron chi connectivity index (χ3n) is 0.929. The van der Waals surface area contributed by atoms with Crippen molar-refractivity contribution in [2.75, 3.05) is 0 Å². The molecule has 0 aliphatic heterocycles. The van der Waals surface area contributed by atoms with Crippen LogP contribution in [-0.4, -0.2) is 11.4 Å². The molecule has 1 N–H and O–H groups in total. The first-order valence-corrected chi connectivity index (χ1v) is 2.94. The second-order valence-corrected chi connectivity index (χ2v) is 1.84. The van der Waals surface area contributed by atoms with Gasteiger partial charge in [0.25, 0.3) is 0 Å². The third kappa shape index (κ3) is 5.72. The van der Waals surface area contributed by atoms with Crippen LogP contribution in [0.15, 0.2) is 0 Å². The van der Waals surface area contributed by atoms with E-state index in [1.807, 2.05) is 13.8 Å². The Hall–Kier alpha value is -0.160. The highest BCUT2D eigenvalue weighted by atomic mass is 17.6. The monoisotopic (exact) mass is 136 g/mol. The van der Waals surface area contributed by atoms with Crippen LogP contribution in [0.25, 0.3) is 0 Å². The number of rotatable bonds is 5. The highest BCUT2D eigenvalue weighted by molar-refractivity contribution is 4.42. The van der Waals surface area contributed by atoms with Crippen molar-refractivity contribution >= 4 is 0 Å². The summed E-state index contributed by atoms with van der Waals surface area (Å²) in [5.74, 6) is 0. The minimum atomic E-state index is -0.0397. The van der Waals surface area contributed by atoms with Crippen LogP contribution in [0, 0.1) is 0 Å². The minimum Gasteiger partial charge on any atom is -0.219 e. The van der Waals surface area contributed by atoms with Crippen molar-refractivity contribution in [2.24, 2.45) is 0 Å². The smallest absolute Gasteiger partial charge is 0.0934 e. The van der Waals surface area contributed by atoms with Crippen molar-refractivity contribution in [3.05, 3.63) is 0 Å². The highest BCUT2D eigenvalue weighted by Crippen LogP contribution is 2.00. The molecule has 0 fully saturated rings. The molecule has 4 heteroatoms. The lowest BCUT2D eigenvalue weighted by atomic mass is 10.2. The van der Waals surface area contributed by atoms with Gasteiger partial charge in [-0.2, -0.15) is 0 Å². The first-order chi connectivity index (χ1) is 4.31. The van der Waals surface area contributed by atoms with Gasteiger partial charge in [0.15, 0.2) is 0 Å². The lowest BCUT2D eigenvalue weighted by molar-refractivity contribution is -0.630. The van der Waals surface area contributed by atoms with Crippen LogP contribution in [0.5, 0.6) is 0 Å². The summed E-state index contributed by atoms with van der Waals surface area (Å²) in [6, 6.07) is 0. The SMILES string of the molecule is CCCC(C)OOOO. The van der Waals surface area contributed by atoms with Gasteiger partial charge in [-0.15, -0.1) is 0 Å². The highest BCUT2D eigenvalue weighted by Gasteiger charge is 2.00. The van der Waals surface area contributed by atoms with Gasteiger partial charge in [0.05, 0.1) is 6.10 Å². The average Bonchev–Trinajstić information content (AvgIpc) is 1.85. The van der Waals surface area contributed by atoms with Gasteiger partial charge in [-0.25, -0.2) is 10.1 Å². The van der Waals surface area contributed by atoms with Gasteiger partial charge in [-0.05, 0) is 23.4 Å². The molecule has 0 amide bonds. The normalized spacial score (nSPS) is 13.7. The maximum atomic E-state index is 7.64. The number of hydrogen-bond donors (Lipinski definition) is 1. The van der Waals surface area contributed by atoms with E-state index >= 15 is 0 Å². The van der Waals surface area contributed by atoms with Gasteiger partial charge in [-0.1, -0.05) is 13.3 Å². The van der Waals surface area contributed by atoms with E-state index < -0.39 is 0 Å². The summed E-state index contributed by atoms with van der Waals surface area (Å²) in [5, 5.41) is 14.7. The van der Waals surface area contributed by atoms with E-state index in [1.165, 1.54) is 0 Å². The van der Waals surface area contributed by atoms with Crippen LogP contribution in [0.3, 0.4) is 0 Å². The van der Waals surface area contributed by atoms with Crippen LogP contribution < -0.4 is 0 Å². The average molecular weight is 136 g/mol. The Morgan fingerprint density at radius 1 is 1.56 bits per heavy atom. The van der Waals surface area contributed by atoms with Gasteiger partial charge < -0.3 is 0 Å². The second-order valence-electron chi connectivity index (χ2n) is 1.84. The Balaban J connectivity index is 2.95. The molecule has 0 saturated carbocycles. The maximum Gasteiger partial charge on any atom is 0.0934 e. The van der Waals surface area contributed by atoms with E-state index in [4.69, 9.17) is 5.26 Å². The summed E-state index contributed by atoms with van der Waals surface area (Å²) >= 11 is 0. The van der Waals surface area contributed by atoms with E-state index in [-0.39, 0.29) is 6.10 Å². The van der Waals surface area contributed by atoms with Crippen molar-refractivity contribution in [1.82, 2.24) is 0 Å². The Morgan fingerprint density at radius 2 is 2.22 bits per heavy atom. The number of hydrogen-bond acceptors (Lipinski definition) is 4. The zero-order valence-electron chi connectivity index (χ0n) is 5.66. The van der Waals surface area contributed by atoms with Crippen LogP contribution in [0.4, 0.5) is 0 Å². The predicted molar refractivity (Wildman–Crippen MR) is 30.3 cm³/mol. The molecule has 56 valence electrons. The quantitative estimate of drug-likeness (QED) is 0.460. The largest absolute Gasteiger partial charge is 0.219 e. The van der Waals surface area contributed by atoms with Crippen LogP contribution in [0.1, 0.15) is 26.7 Å². The molecular weight excluding hydrogens is 124 g/mol. The fourth-order valence-electron chi connectivity index (χ4n) is 0.539. The molecule has 0 aromatic heterocycles. The molecule has 0 rings (SSSR count). The fourth-order valence-corrected chi connectivity index (χ4v) is 0.539. The molecule has 1 unspecified atom stereocenters. The summed E-state index contributed by atoms with van der Waals surface area (Å²) in [5.41, 5.74) is 0.